The fourth-order valence-corrected chi connectivity index (χ4v) is 4.31. The Morgan fingerprint density at radius 3 is 2.39 bits per heavy atom. The van der Waals surface area contributed by atoms with E-state index in [1.807, 2.05) is 37.3 Å². The SMILES string of the molecule is CC(Sc1nnc(C2CC2)n1Cc1ccccc1)C(=O)Nc1ccc(C(C)(C)C)cc1. The molecular formula is C25H30N4OS. The second kappa shape index (κ2) is 8.87. The third-order valence-electron chi connectivity index (χ3n) is 5.54. The lowest BCUT2D eigenvalue weighted by atomic mass is 9.87. The molecule has 1 fully saturated rings. The van der Waals surface area contributed by atoms with Crippen molar-refractivity contribution in [2.75, 3.05) is 5.32 Å². The lowest BCUT2D eigenvalue weighted by Crippen LogP contribution is -2.23. The topological polar surface area (TPSA) is 59.8 Å². The fourth-order valence-electron chi connectivity index (χ4n) is 3.45. The maximum absolute atomic E-state index is 12.8. The number of rotatable bonds is 7. The van der Waals surface area contributed by atoms with Gasteiger partial charge in [0.25, 0.3) is 0 Å². The van der Waals surface area contributed by atoms with Crippen LogP contribution in [0.5, 0.6) is 0 Å². The zero-order valence-corrected chi connectivity index (χ0v) is 19.4. The number of carbonyl (C=O) groups excluding carboxylic acids is 1. The minimum absolute atomic E-state index is 0.0317. The van der Waals surface area contributed by atoms with Gasteiger partial charge in [0.15, 0.2) is 5.16 Å². The largest absolute Gasteiger partial charge is 0.325 e. The Kier molecular flexibility index (Phi) is 6.19. The normalized spacial score (nSPS) is 15.0. The highest BCUT2D eigenvalue weighted by atomic mass is 32.2. The van der Waals surface area contributed by atoms with Crippen LogP contribution in [0.1, 0.15) is 63.4 Å². The van der Waals surface area contributed by atoms with Gasteiger partial charge in [0.2, 0.25) is 5.91 Å². The lowest BCUT2D eigenvalue weighted by Gasteiger charge is -2.19. The molecule has 0 spiro atoms. The molecule has 2 aromatic carbocycles. The number of aromatic nitrogens is 3. The maximum Gasteiger partial charge on any atom is 0.237 e. The van der Waals surface area contributed by atoms with Crippen LogP contribution in [0.15, 0.2) is 59.8 Å². The van der Waals surface area contributed by atoms with Gasteiger partial charge >= 0.3 is 0 Å². The van der Waals surface area contributed by atoms with E-state index in [9.17, 15) is 4.79 Å². The van der Waals surface area contributed by atoms with Crippen LogP contribution in [0.4, 0.5) is 5.69 Å². The number of anilines is 1. The average Bonchev–Trinajstić information content (AvgIpc) is 3.51. The van der Waals surface area contributed by atoms with E-state index in [-0.39, 0.29) is 16.6 Å². The molecule has 1 aromatic heterocycles. The summed E-state index contributed by atoms with van der Waals surface area (Å²) >= 11 is 1.47. The van der Waals surface area contributed by atoms with E-state index in [4.69, 9.17) is 0 Å². The van der Waals surface area contributed by atoms with Crippen LogP contribution in [0, 0.1) is 0 Å². The Hall–Kier alpha value is -2.60. The number of nitrogens with one attached hydrogen (secondary N) is 1. The van der Waals surface area contributed by atoms with Crippen molar-refractivity contribution in [2.24, 2.45) is 0 Å². The van der Waals surface area contributed by atoms with Crippen LogP contribution >= 0.6 is 11.8 Å². The first-order valence-corrected chi connectivity index (χ1v) is 11.7. The molecule has 1 saturated carbocycles. The van der Waals surface area contributed by atoms with E-state index in [2.05, 4.69) is 65.1 Å². The Bertz CT molecular complexity index is 1030. The predicted molar refractivity (Wildman–Crippen MR) is 127 cm³/mol. The maximum atomic E-state index is 12.8. The van der Waals surface area contributed by atoms with Crippen molar-refractivity contribution in [3.8, 4) is 0 Å². The van der Waals surface area contributed by atoms with E-state index >= 15 is 0 Å². The molecule has 4 rings (SSSR count). The van der Waals surface area contributed by atoms with E-state index in [1.165, 1.54) is 22.9 Å². The zero-order chi connectivity index (χ0) is 22.0. The smallest absolute Gasteiger partial charge is 0.237 e. The molecule has 1 aliphatic rings. The molecule has 162 valence electrons. The van der Waals surface area contributed by atoms with Crippen molar-refractivity contribution in [1.82, 2.24) is 14.8 Å². The van der Waals surface area contributed by atoms with Gasteiger partial charge in [0.05, 0.1) is 11.8 Å². The van der Waals surface area contributed by atoms with Gasteiger partial charge in [0, 0.05) is 11.6 Å². The molecule has 31 heavy (non-hydrogen) atoms. The Balaban J connectivity index is 1.45. The van der Waals surface area contributed by atoms with Crippen LogP contribution in [0.2, 0.25) is 0 Å². The molecular weight excluding hydrogens is 404 g/mol. The van der Waals surface area contributed by atoms with Gasteiger partial charge in [-0.05, 0) is 48.4 Å². The number of thioether (sulfide) groups is 1. The van der Waals surface area contributed by atoms with Gasteiger partial charge in [-0.2, -0.15) is 0 Å². The van der Waals surface area contributed by atoms with Crippen molar-refractivity contribution in [2.45, 2.75) is 68.8 Å². The standard InChI is InChI=1S/C25H30N4OS/c1-17(23(30)26-21-14-12-20(13-15-21)25(2,3)4)31-24-28-27-22(19-10-11-19)29(24)16-18-8-6-5-7-9-18/h5-9,12-15,17,19H,10-11,16H2,1-4H3,(H,26,30). The number of amides is 1. The van der Waals surface area contributed by atoms with Gasteiger partial charge < -0.3 is 9.88 Å². The summed E-state index contributed by atoms with van der Waals surface area (Å²) < 4.78 is 2.18. The van der Waals surface area contributed by atoms with Gasteiger partial charge in [0.1, 0.15) is 5.82 Å². The van der Waals surface area contributed by atoms with E-state index in [0.717, 1.165) is 36.1 Å². The number of carbonyl (C=O) groups is 1. The van der Waals surface area contributed by atoms with Gasteiger partial charge in [-0.15, -0.1) is 10.2 Å². The summed E-state index contributed by atoms with van der Waals surface area (Å²) in [5, 5.41) is 12.5. The second-order valence-corrected chi connectivity index (χ2v) is 10.6. The van der Waals surface area contributed by atoms with Crippen molar-refractivity contribution in [3.05, 3.63) is 71.5 Å². The van der Waals surface area contributed by atoms with Crippen LogP contribution in [0.3, 0.4) is 0 Å². The van der Waals surface area contributed by atoms with Crippen molar-refractivity contribution in [3.63, 3.8) is 0 Å². The van der Waals surface area contributed by atoms with Crippen LogP contribution in [0.25, 0.3) is 0 Å². The lowest BCUT2D eigenvalue weighted by molar-refractivity contribution is -0.115. The van der Waals surface area contributed by atoms with Crippen molar-refractivity contribution in [1.29, 1.82) is 0 Å². The predicted octanol–water partition coefficient (Wildman–Crippen LogP) is 5.62. The molecule has 3 aromatic rings. The highest BCUT2D eigenvalue weighted by molar-refractivity contribution is 8.00. The minimum Gasteiger partial charge on any atom is -0.325 e. The van der Waals surface area contributed by atoms with Crippen LogP contribution < -0.4 is 5.32 Å². The van der Waals surface area contributed by atoms with Gasteiger partial charge in [-0.3, -0.25) is 4.79 Å². The second-order valence-electron chi connectivity index (χ2n) is 9.26. The van der Waals surface area contributed by atoms with Crippen molar-refractivity contribution < 1.29 is 4.79 Å². The van der Waals surface area contributed by atoms with Crippen LogP contribution in [-0.2, 0) is 16.8 Å². The molecule has 0 bridgehead atoms. The highest BCUT2D eigenvalue weighted by Crippen LogP contribution is 2.40. The van der Waals surface area contributed by atoms with Gasteiger partial charge in [-0.1, -0.05) is 75.0 Å². The van der Waals surface area contributed by atoms with E-state index in [1.54, 1.807) is 0 Å². The average molecular weight is 435 g/mol. The summed E-state index contributed by atoms with van der Waals surface area (Å²) in [6, 6.07) is 18.4. The molecule has 1 heterocycles. The summed E-state index contributed by atoms with van der Waals surface area (Å²) in [4.78, 5) is 12.8. The summed E-state index contributed by atoms with van der Waals surface area (Å²) in [7, 11) is 0. The third kappa shape index (κ3) is 5.37. The van der Waals surface area contributed by atoms with Crippen LogP contribution in [-0.4, -0.2) is 25.9 Å². The molecule has 6 heteroatoms. The monoisotopic (exact) mass is 434 g/mol. The summed E-state index contributed by atoms with van der Waals surface area (Å²) in [5.41, 5.74) is 3.36. The molecule has 1 aliphatic carbocycles. The molecule has 0 saturated heterocycles. The molecule has 1 unspecified atom stereocenters. The molecule has 1 amide bonds. The first-order valence-electron chi connectivity index (χ1n) is 10.9. The molecule has 0 radical (unpaired) electrons. The minimum atomic E-state index is -0.284. The Morgan fingerprint density at radius 2 is 1.77 bits per heavy atom. The number of benzene rings is 2. The van der Waals surface area contributed by atoms with Gasteiger partial charge in [-0.25, -0.2) is 0 Å². The first-order chi connectivity index (χ1) is 14.8. The number of nitrogens with zero attached hydrogens (tertiary/aromatic N) is 3. The van der Waals surface area contributed by atoms with E-state index in [0.29, 0.717) is 5.92 Å². The third-order valence-corrected chi connectivity index (χ3v) is 6.62. The Morgan fingerprint density at radius 1 is 1.10 bits per heavy atom. The van der Waals surface area contributed by atoms with Crippen molar-refractivity contribution >= 4 is 23.4 Å². The molecule has 1 atom stereocenters. The molecule has 0 aliphatic heterocycles. The molecule has 1 N–H and O–H groups in total. The summed E-state index contributed by atoms with van der Waals surface area (Å²) in [6.45, 7) is 9.19. The summed E-state index contributed by atoms with van der Waals surface area (Å²) in [6.07, 6.45) is 2.33. The number of hydrogen-bond acceptors (Lipinski definition) is 4. The van der Waals surface area contributed by atoms with E-state index < -0.39 is 0 Å². The quantitative estimate of drug-likeness (QED) is 0.490. The Labute approximate surface area is 188 Å². The summed E-state index contributed by atoms with van der Waals surface area (Å²) in [5.74, 6) is 1.50. The molecule has 5 nitrogen and oxygen atoms in total. The first kappa shape index (κ1) is 21.6. The number of hydrogen-bond donors (Lipinski definition) is 1. The fraction of sp³-hybridized carbons (Fsp3) is 0.400. The zero-order valence-electron chi connectivity index (χ0n) is 18.6. The highest BCUT2D eigenvalue weighted by Gasteiger charge is 2.31.